The van der Waals surface area contributed by atoms with Crippen molar-refractivity contribution < 1.29 is 8.78 Å². The molecule has 1 fully saturated rings. The molecule has 1 saturated heterocycles. The van der Waals surface area contributed by atoms with Gasteiger partial charge >= 0.3 is 0 Å². The lowest BCUT2D eigenvalue weighted by Crippen LogP contribution is -2.58. The number of benzene rings is 2. The van der Waals surface area contributed by atoms with Crippen molar-refractivity contribution >= 4 is 13.3 Å². The highest BCUT2D eigenvalue weighted by Gasteiger charge is 2.45. The van der Waals surface area contributed by atoms with Crippen molar-refractivity contribution in [1.29, 1.82) is 0 Å². The van der Waals surface area contributed by atoms with E-state index in [1.165, 1.54) is 10.8 Å². The second-order valence-electron chi connectivity index (χ2n) is 7.11. The predicted molar refractivity (Wildman–Crippen MR) is 99.6 cm³/mol. The Labute approximate surface area is 152 Å². The number of halogens is 2. The summed E-state index contributed by atoms with van der Waals surface area (Å²) in [6.45, 7) is 0. The summed E-state index contributed by atoms with van der Waals surface area (Å²) in [5, 5.41) is 5.59. The number of hydrogen-bond donors (Lipinski definition) is 0. The van der Waals surface area contributed by atoms with Crippen LogP contribution in [0.15, 0.2) is 61.2 Å². The molecule has 3 aromatic rings. The molecule has 2 heterocycles. The second kappa shape index (κ2) is 7.11. The summed E-state index contributed by atoms with van der Waals surface area (Å²) in [6, 6.07) is 15.0. The first kappa shape index (κ1) is 17.1. The smallest absolute Gasteiger partial charge is 0.137 e. The fraction of sp³-hybridized carbons (Fsp3) is 0.300. The Kier molecular flexibility index (Phi) is 4.67. The van der Waals surface area contributed by atoms with E-state index in [2.05, 4.69) is 10.1 Å². The third kappa shape index (κ3) is 3.21. The molecule has 2 aromatic carbocycles. The van der Waals surface area contributed by atoms with Crippen LogP contribution in [-0.2, 0) is 6.17 Å². The van der Waals surface area contributed by atoms with Crippen LogP contribution in [0.2, 0.25) is 6.04 Å². The largest absolute Gasteiger partial charge is 0.255 e. The lowest BCUT2D eigenvalue weighted by molar-refractivity contribution is 0.599. The minimum Gasteiger partial charge on any atom is -0.255 e. The molecule has 1 aliphatic rings. The van der Waals surface area contributed by atoms with Crippen LogP contribution in [0.5, 0.6) is 0 Å². The Morgan fingerprint density at radius 3 is 2.31 bits per heavy atom. The summed E-state index contributed by atoms with van der Waals surface area (Å²) < 4.78 is 28.9. The molecule has 0 N–H and O–H groups in total. The quantitative estimate of drug-likeness (QED) is 0.652. The van der Waals surface area contributed by atoms with Crippen LogP contribution in [0.25, 0.3) is 0 Å². The van der Waals surface area contributed by atoms with Crippen molar-refractivity contribution in [2.75, 3.05) is 0 Å². The van der Waals surface area contributed by atoms with Gasteiger partial charge in [0.05, 0.1) is 0 Å². The average molecular weight is 369 g/mol. The molecule has 3 nitrogen and oxygen atoms in total. The number of hydrogen-bond acceptors (Lipinski definition) is 2. The molecule has 26 heavy (non-hydrogen) atoms. The minimum absolute atomic E-state index is 0.213. The SMILES string of the molecule is Fc1ccc(C2CCCC[Si]2(Cn2cncn2)c2ccc(F)cc2)cc1. The molecule has 1 aromatic heterocycles. The van der Waals surface area contributed by atoms with Crippen molar-refractivity contribution in [2.24, 2.45) is 0 Å². The van der Waals surface area contributed by atoms with Gasteiger partial charge in [0.15, 0.2) is 0 Å². The average Bonchev–Trinajstić information content (AvgIpc) is 3.16. The zero-order valence-corrected chi connectivity index (χ0v) is 15.5. The first-order valence-electron chi connectivity index (χ1n) is 9.01. The Morgan fingerprint density at radius 2 is 1.65 bits per heavy atom. The van der Waals surface area contributed by atoms with E-state index in [0.717, 1.165) is 31.5 Å². The van der Waals surface area contributed by atoms with Crippen molar-refractivity contribution in [1.82, 2.24) is 14.8 Å². The van der Waals surface area contributed by atoms with Crippen LogP contribution in [0.1, 0.15) is 30.4 Å². The topological polar surface area (TPSA) is 30.7 Å². The van der Waals surface area contributed by atoms with Crippen LogP contribution >= 0.6 is 0 Å². The standard InChI is InChI=1S/C20H21F2N3Si/c21-17-6-4-16(5-7-17)20-3-1-2-12-26(20,15-25-14-23-13-24-25)19-10-8-18(22)9-11-19/h4-11,13-14,20H,1-3,12,15H2. The van der Waals surface area contributed by atoms with Gasteiger partial charge in [0.1, 0.15) is 32.4 Å². The fourth-order valence-corrected chi connectivity index (χ4v) is 10.1. The Hall–Kier alpha value is -2.34. The van der Waals surface area contributed by atoms with Crippen LogP contribution in [0.3, 0.4) is 0 Å². The third-order valence-corrected chi connectivity index (χ3v) is 11.2. The summed E-state index contributed by atoms with van der Waals surface area (Å²) in [5.74, 6) is -0.428. The van der Waals surface area contributed by atoms with Gasteiger partial charge in [0.25, 0.3) is 0 Å². The van der Waals surface area contributed by atoms with Gasteiger partial charge < -0.3 is 0 Å². The molecule has 2 atom stereocenters. The van der Waals surface area contributed by atoms with E-state index < -0.39 is 8.07 Å². The lowest BCUT2D eigenvalue weighted by Gasteiger charge is -2.43. The lowest BCUT2D eigenvalue weighted by atomic mass is 10.1. The van der Waals surface area contributed by atoms with Crippen molar-refractivity contribution in [3.8, 4) is 0 Å². The van der Waals surface area contributed by atoms with Crippen LogP contribution in [-0.4, -0.2) is 22.8 Å². The highest BCUT2D eigenvalue weighted by Crippen LogP contribution is 2.40. The molecule has 0 aliphatic carbocycles. The molecule has 0 bridgehead atoms. The molecular formula is C20H21F2N3Si. The first-order valence-corrected chi connectivity index (χ1v) is 11.5. The fourth-order valence-electron chi connectivity index (χ4n) is 4.43. The van der Waals surface area contributed by atoms with Gasteiger partial charge in [-0.25, -0.2) is 13.8 Å². The predicted octanol–water partition coefficient (Wildman–Crippen LogP) is 3.96. The van der Waals surface area contributed by atoms with E-state index in [1.807, 2.05) is 28.9 Å². The van der Waals surface area contributed by atoms with Gasteiger partial charge in [0, 0.05) is 6.17 Å². The van der Waals surface area contributed by atoms with E-state index in [-0.39, 0.29) is 11.6 Å². The first-order chi connectivity index (χ1) is 12.7. The van der Waals surface area contributed by atoms with Crippen LogP contribution in [0, 0.1) is 11.6 Å². The molecule has 134 valence electrons. The van der Waals surface area contributed by atoms with Crippen LogP contribution < -0.4 is 5.19 Å². The van der Waals surface area contributed by atoms with Crippen molar-refractivity contribution in [2.45, 2.75) is 37.0 Å². The zero-order valence-electron chi connectivity index (χ0n) is 14.5. The maximum Gasteiger partial charge on any atom is 0.137 e. The molecule has 0 saturated carbocycles. The monoisotopic (exact) mass is 369 g/mol. The maximum atomic E-state index is 13.6. The van der Waals surface area contributed by atoms with Gasteiger partial charge in [-0.05, 0) is 41.8 Å². The van der Waals surface area contributed by atoms with Gasteiger partial charge in [-0.2, -0.15) is 5.10 Å². The molecule has 2 unspecified atom stereocenters. The highest BCUT2D eigenvalue weighted by atomic mass is 28.3. The number of rotatable bonds is 4. The van der Waals surface area contributed by atoms with E-state index in [1.54, 1.807) is 36.9 Å². The number of nitrogens with zero attached hydrogens (tertiary/aromatic N) is 3. The minimum atomic E-state index is -2.10. The third-order valence-electron chi connectivity index (χ3n) is 5.63. The Balaban J connectivity index is 1.83. The normalized spacial score (nSPS) is 23.1. The molecular weight excluding hydrogens is 348 g/mol. The number of aromatic nitrogens is 3. The van der Waals surface area contributed by atoms with Crippen molar-refractivity contribution in [3.63, 3.8) is 0 Å². The second-order valence-corrected chi connectivity index (χ2v) is 11.5. The molecule has 6 heteroatoms. The summed E-state index contributed by atoms with van der Waals surface area (Å²) in [7, 11) is -2.10. The van der Waals surface area contributed by atoms with E-state index >= 15 is 0 Å². The summed E-state index contributed by atoms with van der Waals surface area (Å²) in [4.78, 5) is 4.10. The zero-order chi connectivity index (χ0) is 18.0. The van der Waals surface area contributed by atoms with Crippen LogP contribution in [0.4, 0.5) is 8.78 Å². The van der Waals surface area contributed by atoms with E-state index in [4.69, 9.17) is 0 Å². The Bertz CT molecular complexity index is 850. The van der Waals surface area contributed by atoms with Crippen molar-refractivity contribution in [3.05, 3.63) is 78.4 Å². The highest BCUT2D eigenvalue weighted by molar-refractivity contribution is 6.92. The summed E-state index contributed by atoms with van der Waals surface area (Å²) in [6.07, 6.45) is 7.52. The maximum absolute atomic E-state index is 13.6. The molecule has 4 rings (SSSR count). The Morgan fingerprint density at radius 1 is 0.962 bits per heavy atom. The van der Waals surface area contributed by atoms with Gasteiger partial charge in [0.2, 0.25) is 0 Å². The van der Waals surface area contributed by atoms with E-state index in [9.17, 15) is 8.78 Å². The van der Waals surface area contributed by atoms with Gasteiger partial charge in [-0.3, -0.25) is 4.68 Å². The molecule has 0 amide bonds. The summed E-state index contributed by atoms with van der Waals surface area (Å²) in [5.41, 5.74) is 1.54. The summed E-state index contributed by atoms with van der Waals surface area (Å²) >= 11 is 0. The molecule has 0 spiro atoms. The molecule has 0 radical (unpaired) electrons. The molecule has 1 aliphatic heterocycles. The van der Waals surface area contributed by atoms with Gasteiger partial charge in [-0.15, -0.1) is 0 Å². The van der Waals surface area contributed by atoms with Gasteiger partial charge in [-0.1, -0.05) is 48.3 Å². The van der Waals surface area contributed by atoms with E-state index in [0.29, 0.717) is 5.54 Å².